The van der Waals surface area contributed by atoms with Gasteiger partial charge in [-0.05, 0) is 42.0 Å². The normalized spacial score (nSPS) is 11.0. The Kier molecular flexibility index (Phi) is 5.45. The van der Waals surface area contributed by atoms with Crippen LogP contribution in [0, 0.1) is 29.0 Å². The van der Waals surface area contributed by atoms with Gasteiger partial charge in [-0.25, -0.2) is 13.2 Å². The molecule has 2 rings (SSSR count). The van der Waals surface area contributed by atoms with E-state index in [9.17, 15) is 13.2 Å². The highest BCUT2D eigenvalue weighted by atomic mass is 19.3. The molecule has 0 radical (unpaired) electrons. The van der Waals surface area contributed by atoms with E-state index in [2.05, 4.69) is 11.8 Å². The van der Waals surface area contributed by atoms with E-state index in [0.29, 0.717) is 11.1 Å². The molecule has 0 amide bonds. The lowest BCUT2D eigenvalue weighted by atomic mass is 10.1. The highest BCUT2D eigenvalue weighted by Crippen LogP contribution is 2.20. The zero-order chi connectivity index (χ0) is 17.6. The molecule has 0 saturated carbocycles. The zero-order valence-electron chi connectivity index (χ0n) is 13.0. The number of nitrogens with zero attached hydrogens (tertiary/aromatic N) is 1. The predicted molar refractivity (Wildman–Crippen MR) is 87.8 cm³/mol. The van der Waals surface area contributed by atoms with Crippen LogP contribution in [0.5, 0.6) is 0 Å². The van der Waals surface area contributed by atoms with Crippen LogP contribution in [0.15, 0.2) is 48.5 Å². The molecule has 0 N–H and O–H groups in total. The lowest BCUT2D eigenvalue weighted by molar-refractivity contribution is 0.0520. The third kappa shape index (κ3) is 4.76. The highest BCUT2D eigenvalue weighted by molar-refractivity contribution is 5.53. The van der Waals surface area contributed by atoms with Crippen molar-refractivity contribution in [2.45, 2.75) is 19.3 Å². The molecule has 0 heterocycles. The summed E-state index contributed by atoms with van der Waals surface area (Å²) in [6.45, 7) is 1.42. The number of hydrogen-bond acceptors (Lipinski definition) is 1. The molecular formula is C20H14F3N. The number of nitriles is 1. The molecule has 0 spiro atoms. The first kappa shape index (κ1) is 17.4. The fraction of sp³-hybridized carbons (Fsp3) is 0.150. The predicted octanol–water partition coefficient (Wildman–Crippen LogP) is 5.16. The van der Waals surface area contributed by atoms with E-state index >= 15 is 0 Å². The molecule has 0 aromatic heterocycles. The first-order chi connectivity index (χ1) is 11.4. The van der Waals surface area contributed by atoms with Crippen LogP contribution in [0.4, 0.5) is 13.2 Å². The van der Waals surface area contributed by atoms with Gasteiger partial charge in [-0.2, -0.15) is 5.26 Å². The van der Waals surface area contributed by atoms with Gasteiger partial charge >= 0.3 is 0 Å². The van der Waals surface area contributed by atoms with Crippen LogP contribution < -0.4 is 0 Å². The van der Waals surface area contributed by atoms with E-state index < -0.39 is 11.7 Å². The van der Waals surface area contributed by atoms with Crippen molar-refractivity contribution in [2.75, 3.05) is 0 Å². The van der Waals surface area contributed by atoms with Crippen LogP contribution in [0.25, 0.3) is 6.08 Å². The maximum Gasteiger partial charge on any atom is 0.266 e. The Hall–Kier alpha value is -2.98. The van der Waals surface area contributed by atoms with Crippen molar-refractivity contribution < 1.29 is 13.2 Å². The van der Waals surface area contributed by atoms with Gasteiger partial charge in [0.1, 0.15) is 5.82 Å². The van der Waals surface area contributed by atoms with Crippen molar-refractivity contribution in [2.24, 2.45) is 0 Å². The van der Waals surface area contributed by atoms with Crippen molar-refractivity contribution in [3.8, 4) is 17.9 Å². The van der Waals surface area contributed by atoms with Gasteiger partial charge in [0.2, 0.25) is 0 Å². The Labute approximate surface area is 139 Å². The molecule has 4 heteroatoms. The first-order valence-corrected chi connectivity index (χ1v) is 7.32. The van der Waals surface area contributed by atoms with Gasteiger partial charge < -0.3 is 0 Å². The molecule has 0 unspecified atom stereocenters. The molecule has 0 bridgehead atoms. The average Bonchev–Trinajstić information content (AvgIpc) is 2.60. The van der Waals surface area contributed by atoms with E-state index in [1.54, 1.807) is 24.3 Å². The fourth-order valence-electron chi connectivity index (χ4n) is 1.84. The first-order valence-electron chi connectivity index (χ1n) is 7.32. The van der Waals surface area contributed by atoms with Gasteiger partial charge in [-0.3, -0.25) is 0 Å². The number of halogens is 3. The SMILES string of the molecule is CCC(F)(F)/C=C/c1ccc(C#Cc2ccc(C#N)cc2F)cc1. The van der Waals surface area contributed by atoms with Gasteiger partial charge in [0.15, 0.2) is 0 Å². The maximum atomic E-state index is 13.7. The van der Waals surface area contributed by atoms with Crippen molar-refractivity contribution in [1.29, 1.82) is 5.26 Å². The Bertz CT molecular complexity index is 847. The minimum atomic E-state index is -2.81. The van der Waals surface area contributed by atoms with Crippen molar-refractivity contribution in [3.05, 3.63) is 76.6 Å². The second kappa shape index (κ2) is 7.53. The Morgan fingerprint density at radius 1 is 1.04 bits per heavy atom. The second-order valence-corrected chi connectivity index (χ2v) is 5.13. The molecule has 0 atom stereocenters. The summed E-state index contributed by atoms with van der Waals surface area (Å²) in [7, 11) is 0. The Morgan fingerprint density at radius 2 is 1.71 bits per heavy atom. The lowest BCUT2D eigenvalue weighted by Crippen LogP contribution is -2.08. The van der Waals surface area contributed by atoms with Crippen molar-refractivity contribution >= 4 is 6.08 Å². The summed E-state index contributed by atoms with van der Waals surface area (Å²) in [6.07, 6.45) is 1.99. The molecule has 0 fully saturated rings. The number of allylic oxidation sites excluding steroid dienone is 1. The number of benzene rings is 2. The summed E-state index contributed by atoms with van der Waals surface area (Å²) in [5, 5.41) is 8.69. The van der Waals surface area contributed by atoms with Crippen LogP contribution in [0.1, 0.15) is 35.6 Å². The summed E-state index contributed by atoms with van der Waals surface area (Å²) in [5.41, 5.74) is 1.70. The van der Waals surface area contributed by atoms with Crippen LogP contribution in [-0.2, 0) is 0 Å². The molecule has 0 aliphatic carbocycles. The standard InChI is InChI=1S/C20H14F3N/c1-2-20(22,23)12-11-16-5-3-15(4-6-16)7-9-18-10-8-17(14-24)13-19(18)21/h3-6,8,10-13H,2H2,1H3/b12-11+. The quantitative estimate of drug-likeness (QED) is 0.716. The maximum absolute atomic E-state index is 13.7. The third-order valence-corrected chi connectivity index (χ3v) is 3.34. The van der Waals surface area contributed by atoms with Crippen LogP contribution in [0.2, 0.25) is 0 Å². The van der Waals surface area contributed by atoms with E-state index in [1.165, 1.54) is 25.1 Å². The number of alkyl halides is 2. The van der Waals surface area contributed by atoms with Gasteiger partial charge in [-0.1, -0.05) is 37.0 Å². The second-order valence-electron chi connectivity index (χ2n) is 5.13. The number of rotatable bonds is 3. The molecule has 0 aliphatic heterocycles. The van der Waals surface area contributed by atoms with Crippen molar-refractivity contribution in [3.63, 3.8) is 0 Å². The summed E-state index contributed by atoms with van der Waals surface area (Å²) < 4.78 is 40.0. The number of hydrogen-bond donors (Lipinski definition) is 0. The molecule has 120 valence electrons. The Morgan fingerprint density at radius 3 is 2.29 bits per heavy atom. The summed E-state index contributed by atoms with van der Waals surface area (Å²) in [6, 6.07) is 12.6. The lowest BCUT2D eigenvalue weighted by Gasteiger charge is -2.06. The molecule has 2 aromatic rings. The van der Waals surface area contributed by atoms with Gasteiger partial charge in [-0.15, -0.1) is 0 Å². The van der Waals surface area contributed by atoms with Gasteiger partial charge in [0.25, 0.3) is 5.92 Å². The summed E-state index contributed by atoms with van der Waals surface area (Å²) >= 11 is 0. The highest BCUT2D eigenvalue weighted by Gasteiger charge is 2.20. The molecule has 24 heavy (non-hydrogen) atoms. The minimum absolute atomic E-state index is 0.195. The van der Waals surface area contributed by atoms with E-state index in [1.807, 2.05) is 6.07 Å². The van der Waals surface area contributed by atoms with E-state index in [0.717, 1.165) is 12.1 Å². The average molecular weight is 325 g/mol. The summed E-state index contributed by atoms with van der Waals surface area (Å²) in [5.74, 6) is 2.13. The molecular weight excluding hydrogens is 311 g/mol. The van der Waals surface area contributed by atoms with E-state index in [-0.39, 0.29) is 17.5 Å². The van der Waals surface area contributed by atoms with E-state index in [4.69, 9.17) is 5.26 Å². The largest absolute Gasteiger partial charge is 0.266 e. The third-order valence-electron chi connectivity index (χ3n) is 3.34. The minimum Gasteiger partial charge on any atom is -0.206 e. The van der Waals surface area contributed by atoms with Crippen LogP contribution in [-0.4, -0.2) is 5.92 Å². The fourth-order valence-corrected chi connectivity index (χ4v) is 1.84. The zero-order valence-corrected chi connectivity index (χ0v) is 13.0. The smallest absolute Gasteiger partial charge is 0.206 e. The van der Waals surface area contributed by atoms with Gasteiger partial charge in [0, 0.05) is 12.0 Å². The Balaban J connectivity index is 2.15. The molecule has 1 nitrogen and oxygen atoms in total. The summed E-state index contributed by atoms with van der Waals surface area (Å²) in [4.78, 5) is 0. The molecule has 2 aromatic carbocycles. The van der Waals surface area contributed by atoms with Crippen LogP contribution in [0.3, 0.4) is 0 Å². The van der Waals surface area contributed by atoms with Crippen LogP contribution >= 0.6 is 0 Å². The van der Waals surface area contributed by atoms with Gasteiger partial charge in [0.05, 0.1) is 17.2 Å². The monoisotopic (exact) mass is 325 g/mol. The topological polar surface area (TPSA) is 23.8 Å². The molecule has 0 saturated heterocycles. The van der Waals surface area contributed by atoms with Crippen molar-refractivity contribution in [1.82, 2.24) is 0 Å². The molecule has 0 aliphatic rings.